The molecule has 1 nitrogen and oxygen atoms in total. The van der Waals surface area contributed by atoms with Gasteiger partial charge in [0.25, 0.3) is 0 Å². The molecule has 35 heavy (non-hydrogen) atoms. The van der Waals surface area contributed by atoms with Crippen LogP contribution in [0.2, 0.25) is 0 Å². The summed E-state index contributed by atoms with van der Waals surface area (Å²) in [4.78, 5) is 0. The number of rotatable bonds is 2. The van der Waals surface area contributed by atoms with Crippen LogP contribution in [0, 0.1) is 0 Å². The maximum Gasteiger partial charge on any atom is 0.0583 e. The van der Waals surface area contributed by atoms with Crippen LogP contribution in [0.5, 0.6) is 0 Å². The molecule has 0 spiro atoms. The van der Waals surface area contributed by atoms with Crippen molar-refractivity contribution in [2.45, 2.75) is 39.7 Å². The molecule has 0 saturated carbocycles. The summed E-state index contributed by atoms with van der Waals surface area (Å²) in [6.45, 7) is 10.1. The zero-order valence-electron chi connectivity index (χ0n) is 20.8. The highest BCUT2D eigenvalue weighted by atomic mass is 15.0. The lowest BCUT2D eigenvalue weighted by Gasteiger charge is -2.21. The quantitative estimate of drug-likeness (QED) is 0.231. The van der Waals surface area contributed by atoms with E-state index in [-0.39, 0.29) is 5.41 Å². The largest absolute Gasteiger partial charge is 0.340 e. The minimum absolute atomic E-state index is 0.134. The highest BCUT2D eigenvalue weighted by Gasteiger charge is 2.23. The van der Waals surface area contributed by atoms with E-state index in [1.807, 2.05) is 0 Å². The highest BCUT2D eigenvalue weighted by molar-refractivity contribution is 6.36. The molecule has 170 valence electrons. The van der Waals surface area contributed by atoms with Gasteiger partial charge in [-0.3, -0.25) is 0 Å². The Morgan fingerprint density at radius 3 is 1.97 bits per heavy atom. The van der Waals surface area contributed by atoms with Gasteiger partial charge in [-0.1, -0.05) is 106 Å². The Kier molecular flexibility index (Phi) is 4.16. The Morgan fingerprint density at radius 2 is 1.29 bits per heavy atom. The molecule has 0 atom stereocenters. The van der Waals surface area contributed by atoms with Crippen molar-refractivity contribution in [3.05, 3.63) is 96.6 Å². The van der Waals surface area contributed by atoms with Crippen LogP contribution in [0.25, 0.3) is 65.3 Å². The second-order valence-electron chi connectivity index (χ2n) is 10.9. The number of aromatic nitrogens is 1. The molecular weight excluding hydrogens is 422 g/mol. The molecule has 1 heteroatoms. The monoisotopic (exact) mass is 451 g/mol. The van der Waals surface area contributed by atoms with E-state index in [9.17, 15) is 0 Å². The molecular formula is C34H29N. The first-order valence-corrected chi connectivity index (χ1v) is 12.7. The standard InChI is InChI=1S/C34H29N/c1-5-35-28-12-7-6-11-25(28)32-27-20-16-22-10-8-9-21-15-19-26(31(27)29(21)22)30(33(32)35)23-13-17-24(18-14-23)34(2,3)4/h6-20H,5H2,1-4H3. The summed E-state index contributed by atoms with van der Waals surface area (Å²) in [7, 11) is 0. The molecule has 0 saturated heterocycles. The smallest absolute Gasteiger partial charge is 0.0583 e. The average molecular weight is 452 g/mol. The number of aryl methyl sites for hydroxylation is 1. The molecule has 0 fully saturated rings. The normalized spacial score (nSPS) is 12.7. The molecule has 0 aliphatic carbocycles. The van der Waals surface area contributed by atoms with Crippen molar-refractivity contribution in [1.29, 1.82) is 0 Å². The second kappa shape index (κ2) is 7.09. The van der Waals surface area contributed by atoms with Crippen LogP contribution >= 0.6 is 0 Å². The molecule has 6 aromatic carbocycles. The van der Waals surface area contributed by atoms with Gasteiger partial charge in [0.2, 0.25) is 0 Å². The van der Waals surface area contributed by atoms with Gasteiger partial charge in [-0.2, -0.15) is 0 Å². The number of hydrogen-bond acceptors (Lipinski definition) is 0. The third-order valence-corrected chi connectivity index (χ3v) is 7.88. The van der Waals surface area contributed by atoms with Crippen molar-refractivity contribution in [2.75, 3.05) is 0 Å². The van der Waals surface area contributed by atoms with Gasteiger partial charge in [-0.15, -0.1) is 0 Å². The summed E-state index contributed by atoms with van der Waals surface area (Å²) < 4.78 is 2.52. The van der Waals surface area contributed by atoms with E-state index in [1.165, 1.54) is 70.8 Å². The highest BCUT2D eigenvalue weighted by Crippen LogP contribution is 2.47. The van der Waals surface area contributed by atoms with Crippen LogP contribution in [0.15, 0.2) is 91.0 Å². The van der Waals surface area contributed by atoms with Crippen molar-refractivity contribution in [1.82, 2.24) is 4.57 Å². The first-order valence-electron chi connectivity index (χ1n) is 12.7. The fourth-order valence-corrected chi connectivity index (χ4v) is 6.22. The summed E-state index contributed by atoms with van der Waals surface area (Å²) >= 11 is 0. The van der Waals surface area contributed by atoms with Crippen molar-refractivity contribution >= 4 is 54.1 Å². The molecule has 0 N–H and O–H groups in total. The molecule has 1 heterocycles. The summed E-state index contributed by atoms with van der Waals surface area (Å²) in [5.74, 6) is 0. The van der Waals surface area contributed by atoms with Crippen molar-refractivity contribution < 1.29 is 0 Å². The van der Waals surface area contributed by atoms with Crippen molar-refractivity contribution in [3.8, 4) is 11.1 Å². The Bertz CT molecular complexity index is 1880. The predicted molar refractivity (Wildman–Crippen MR) is 153 cm³/mol. The summed E-state index contributed by atoms with van der Waals surface area (Å²) in [5, 5.41) is 10.8. The summed E-state index contributed by atoms with van der Waals surface area (Å²) in [5.41, 5.74) is 6.80. The van der Waals surface area contributed by atoms with Gasteiger partial charge < -0.3 is 4.57 Å². The topological polar surface area (TPSA) is 4.93 Å². The van der Waals surface area contributed by atoms with Crippen molar-refractivity contribution in [3.63, 3.8) is 0 Å². The Morgan fingerprint density at radius 1 is 0.600 bits per heavy atom. The van der Waals surface area contributed by atoms with Gasteiger partial charge in [0.1, 0.15) is 0 Å². The second-order valence-corrected chi connectivity index (χ2v) is 10.9. The lowest BCUT2D eigenvalue weighted by atomic mass is 9.84. The lowest BCUT2D eigenvalue weighted by molar-refractivity contribution is 0.590. The molecule has 0 aliphatic rings. The third kappa shape index (κ3) is 2.76. The fraction of sp³-hybridized carbons (Fsp3) is 0.176. The van der Waals surface area contributed by atoms with Gasteiger partial charge in [0.15, 0.2) is 0 Å². The fourth-order valence-electron chi connectivity index (χ4n) is 6.22. The maximum atomic E-state index is 2.52. The van der Waals surface area contributed by atoms with Crippen LogP contribution in [-0.4, -0.2) is 4.57 Å². The predicted octanol–water partition coefficient (Wildman–Crippen LogP) is 9.68. The van der Waals surface area contributed by atoms with Crippen LogP contribution < -0.4 is 0 Å². The molecule has 7 aromatic rings. The van der Waals surface area contributed by atoms with Gasteiger partial charge in [0, 0.05) is 28.4 Å². The first kappa shape index (κ1) is 20.5. The number of hydrogen-bond donors (Lipinski definition) is 0. The van der Waals surface area contributed by atoms with E-state index in [4.69, 9.17) is 0 Å². The van der Waals surface area contributed by atoms with Crippen LogP contribution in [0.3, 0.4) is 0 Å². The zero-order valence-corrected chi connectivity index (χ0v) is 20.8. The Hall–Kier alpha value is -3.84. The van der Waals surface area contributed by atoms with Gasteiger partial charge in [-0.25, -0.2) is 0 Å². The minimum Gasteiger partial charge on any atom is -0.340 e. The maximum absolute atomic E-state index is 2.52. The zero-order chi connectivity index (χ0) is 23.9. The number of benzene rings is 6. The third-order valence-electron chi connectivity index (χ3n) is 7.88. The van der Waals surface area contributed by atoms with E-state index in [2.05, 4.69) is 123 Å². The first-order chi connectivity index (χ1) is 17.0. The lowest BCUT2D eigenvalue weighted by Crippen LogP contribution is -2.10. The Labute approximate surface area is 205 Å². The average Bonchev–Trinajstić information content (AvgIpc) is 3.20. The SMILES string of the molecule is CCn1c2ccccc2c2c3ccc4cccc5ccc(c(-c6ccc(C(C)(C)C)cc6)c21)c3c54. The van der Waals surface area contributed by atoms with Crippen molar-refractivity contribution in [2.24, 2.45) is 0 Å². The summed E-state index contributed by atoms with van der Waals surface area (Å²) in [6.07, 6.45) is 0. The van der Waals surface area contributed by atoms with Gasteiger partial charge >= 0.3 is 0 Å². The molecule has 0 aliphatic heterocycles. The number of fused-ring (bicyclic) bond motifs is 4. The molecule has 7 rings (SSSR count). The molecule has 0 bridgehead atoms. The molecule has 0 amide bonds. The minimum atomic E-state index is 0.134. The van der Waals surface area contributed by atoms with E-state index in [0.29, 0.717) is 0 Å². The molecule has 0 radical (unpaired) electrons. The molecule has 1 aromatic heterocycles. The van der Waals surface area contributed by atoms with Gasteiger partial charge in [0.05, 0.1) is 5.52 Å². The van der Waals surface area contributed by atoms with E-state index in [0.717, 1.165) is 6.54 Å². The number of para-hydroxylation sites is 1. The Balaban J connectivity index is 1.76. The molecule has 0 unspecified atom stereocenters. The number of nitrogens with zero attached hydrogens (tertiary/aromatic N) is 1. The van der Waals surface area contributed by atoms with Crippen LogP contribution in [0.1, 0.15) is 33.3 Å². The van der Waals surface area contributed by atoms with E-state index in [1.54, 1.807) is 0 Å². The van der Waals surface area contributed by atoms with E-state index < -0.39 is 0 Å². The van der Waals surface area contributed by atoms with E-state index >= 15 is 0 Å². The van der Waals surface area contributed by atoms with Crippen LogP contribution in [-0.2, 0) is 12.0 Å². The van der Waals surface area contributed by atoms with Gasteiger partial charge in [-0.05, 0) is 61.8 Å². The summed E-state index contributed by atoms with van der Waals surface area (Å²) in [6, 6.07) is 34.2. The van der Waals surface area contributed by atoms with Crippen LogP contribution in [0.4, 0.5) is 0 Å².